The molecule has 2 rings (SSSR count). The molecule has 0 radical (unpaired) electrons. The molecule has 2 aromatic rings. The van der Waals surface area contributed by atoms with Gasteiger partial charge in [-0.1, -0.05) is 17.2 Å². The number of rotatable bonds is 2. The van der Waals surface area contributed by atoms with E-state index in [1.54, 1.807) is 11.3 Å². The summed E-state index contributed by atoms with van der Waals surface area (Å²) >= 11 is 1.55. The Bertz CT molecular complexity index is 517. The van der Waals surface area contributed by atoms with Crippen molar-refractivity contribution in [1.29, 1.82) is 0 Å². The van der Waals surface area contributed by atoms with E-state index < -0.39 is 0 Å². The van der Waals surface area contributed by atoms with Crippen LogP contribution in [0.15, 0.2) is 30.3 Å². The number of benzene rings is 1. The molecule has 0 saturated carbocycles. The maximum absolute atomic E-state index is 12.2. The first-order valence-corrected chi connectivity index (χ1v) is 6.07. The van der Waals surface area contributed by atoms with Crippen molar-refractivity contribution in [2.75, 3.05) is 0 Å². The summed E-state index contributed by atoms with van der Waals surface area (Å²) in [6, 6.07) is 9.87. The number of hydrogen-bond donors (Lipinski definition) is 0. The molecule has 16 heavy (non-hydrogen) atoms. The van der Waals surface area contributed by atoms with Gasteiger partial charge in [-0.15, -0.1) is 11.3 Å². The molecule has 0 unspecified atom stereocenters. The molecular weight excluding hydrogens is 216 g/mol. The van der Waals surface area contributed by atoms with Crippen molar-refractivity contribution < 1.29 is 4.79 Å². The Morgan fingerprint density at radius 3 is 2.12 bits per heavy atom. The zero-order valence-electron chi connectivity index (χ0n) is 9.70. The Hall–Kier alpha value is -1.41. The molecule has 0 aliphatic carbocycles. The van der Waals surface area contributed by atoms with Gasteiger partial charge < -0.3 is 0 Å². The molecule has 0 spiro atoms. The molecule has 2 heteroatoms. The second kappa shape index (κ2) is 4.22. The van der Waals surface area contributed by atoms with Gasteiger partial charge in [-0.05, 0) is 45.0 Å². The number of hydrogen-bond acceptors (Lipinski definition) is 2. The van der Waals surface area contributed by atoms with Crippen LogP contribution < -0.4 is 0 Å². The summed E-state index contributed by atoms with van der Waals surface area (Å²) in [5.41, 5.74) is 3.06. The van der Waals surface area contributed by atoms with Crippen molar-refractivity contribution in [3.63, 3.8) is 0 Å². The first-order valence-electron chi connectivity index (χ1n) is 5.26. The molecule has 0 saturated heterocycles. The normalized spacial score (nSPS) is 10.4. The molecule has 1 aromatic heterocycles. The van der Waals surface area contributed by atoms with E-state index in [4.69, 9.17) is 0 Å². The maximum atomic E-state index is 12.2. The minimum absolute atomic E-state index is 0.130. The monoisotopic (exact) mass is 230 g/mol. The SMILES string of the molecule is Cc1cc(C)cc(C(=O)c2ccc(C)s2)c1. The van der Waals surface area contributed by atoms with E-state index in [0.29, 0.717) is 0 Å². The van der Waals surface area contributed by atoms with Crippen LogP contribution in [-0.4, -0.2) is 5.78 Å². The lowest BCUT2D eigenvalue weighted by Gasteiger charge is -2.02. The number of carbonyl (C=O) groups is 1. The van der Waals surface area contributed by atoms with Crippen molar-refractivity contribution in [3.05, 3.63) is 56.8 Å². The van der Waals surface area contributed by atoms with Gasteiger partial charge >= 0.3 is 0 Å². The minimum atomic E-state index is 0.130. The van der Waals surface area contributed by atoms with Crippen LogP contribution in [0.3, 0.4) is 0 Å². The molecule has 0 aliphatic rings. The van der Waals surface area contributed by atoms with E-state index in [0.717, 1.165) is 21.6 Å². The van der Waals surface area contributed by atoms with Gasteiger partial charge in [0.15, 0.2) is 0 Å². The summed E-state index contributed by atoms with van der Waals surface area (Å²) in [6.45, 7) is 6.05. The molecular formula is C14H14OS. The zero-order chi connectivity index (χ0) is 11.7. The molecule has 1 nitrogen and oxygen atoms in total. The summed E-state index contributed by atoms with van der Waals surface area (Å²) in [6.07, 6.45) is 0. The first kappa shape index (κ1) is 11.1. The topological polar surface area (TPSA) is 17.1 Å². The highest BCUT2D eigenvalue weighted by Crippen LogP contribution is 2.20. The van der Waals surface area contributed by atoms with Crippen molar-refractivity contribution >= 4 is 17.1 Å². The second-order valence-electron chi connectivity index (χ2n) is 4.12. The summed E-state index contributed by atoms with van der Waals surface area (Å²) in [5, 5.41) is 0. The molecule has 0 aliphatic heterocycles. The third kappa shape index (κ3) is 2.22. The molecule has 0 amide bonds. The molecule has 1 heterocycles. The van der Waals surface area contributed by atoms with Gasteiger partial charge in [-0.2, -0.15) is 0 Å². The van der Waals surface area contributed by atoms with Gasteiger partial charge in [0.05, 0.1) is 4.88 Å². The molecule has 82 valence electrons. The van der Waals surface area contributed by atoms with Crippen molar-refractivity contribution in [2.24, 2.45) is 0 Å². The van der Waals surface area contributed by atoms with Gasteiger partial charge in [0.1, 0.15) is 0 Å². The predicted molar refractivity (Wildman–Crippen MR) is 68.4 cm³/mol. The Balaban J connectivity index is 2.41. The predicted octanol–water partition coefficient (Wildman–Crippen LogP) is 3.90. The highest BCUT2D eigenvalue weighted by molar-refractivity contribution is 7.14. The summed E-state index contributed by atoms with van der Waals surface area (Å²) in [4.78, 5) is 14.2. The Morgan fingerprint density at radius 2 is 1.62 bits per heavy atom. The fraction of sp³-hybridized carbons (Fsp3) is 0.214. The summed E-state index contributed by atoms with van der Waals surface area (Å²) in [7, 11) is 0. The lowest BCUT2D eigenvalue weighted by Crippen LogP contribution is -1.99. The van der Waals surface area contributed by atoms with Crippen molar-refractivity contribution in [3.8, 4) is 0 Å². The zero-order valence-corrected chi connectivity index (χ0v) is 10.5. The lowest BCUT2D eigenvalue weighted by atomic mass is 10.0. The quantitative estimate of drug-likeness (QED) is 0.715. The van der Waals surface area contributed by atoms with E-state index in [1.807, 2.05) is 45.0 Å². The number of ketones is 1. The summed E-state index contributed by atoms with van der Waals surface area (Å²) < 4.78 is 0. The minimum Gasteiger partial charge on any atom is -0.288 e. The van der Waals surface area contributed by atoms with E-state index in [1.165, 1.54) is 4.88 Å². The fourth-order valence-corrected chi connectivity index (χ4v) is 2.63. The molecule has 0 fully saturated rings. The van der Waals surface area contributed by atoms with Crippen LogP contribution >= 0.6 is 11.3 Å². The van der Waals surface area contributed by atoms with E-state index in [-0.39, 0.29) is 5.78 Å². The van der Waals surface area contributed by atoms with Crippen LogP contribution in [0, 0.1) is 20.8 Å². The van der Waals surface area contributed by atoms with Gasteiger partial charge in [-0.3, -0.25) is 4.79 Å². The average molecular weight is 230 g/mol. The average Bonchev–Trinajstić information content (AvgIpc) is 2.62. The van der Waals surface area contributed by atoms with Gasteiger partial charge in [-0.25, -0.2) is 0 Å². The van der Waals surface area contributed by atoms with Crippen molar-refractivity contribution in [2.45, 2.75) is 20.8 Å². The van der Waals surface area contributed by atoms with E-state index in [9.17, 15) is 4.79 Å². The van der Waals surface area contributed by atoms with Crippen LogP contribution in [0.1, 0.15) is 31.2 Å². The van der Waals surface area contributed by atoms with Crippen molar-refractivity contribution in [1.82, 2.24) is 0 Å². The highest BCUT2D eigenvalue weighted by Gasteiger charge is 2.11. The van der Waals surface area contributed by atoms with Crippen LogP contribution in [0.4, 0.5) is 0 Å². The Kier molecular flexibility index (Phi) is 2.92. The highest BCUT2D eigenvalue weighted by atomic mass is 32.1. The van der Waals surface area contributed by atoms with E-state index in [2.05, 4.69) is 6.07 Å². The van der Waals surface area contributed by atoms with Crippen LogP contribution in [0.2, 0.25) is 0 Å². The maximum Gasteiger partial charge on any atom is 0.202 e. The Morgan fingerprint density at radius 1 is 1.00 bits per heavy atom. The molecule has 0 atom stereocenters. The largest absolute Gasteiger partial charge is 0.288 e. The molecule has 0 bridgehead atoms. The van der Waals surface area contributed by atoms with Crippen LogP contribution in [0.5, 0.6) is 0 Å². The third-order valence-corrected chi connectivity index (χ3v) is 3.45. The van der Waals surface area contributed by atoms with Gasteiger partial charge in [0.25, 0.3) is 0 Å². The fourth-order valence-electron chi connectivity index (χ4n) is 1.80. The smallest absolute Gasteiger partial charge is 0.202 e. The van der Waals surface area contributed by atoms with Gasteiger partial charge in [0, 0.05) is 10.4 Å². The van der Waals surface area contributed by atoms with Crippen LogP contribution in [-0.2, 0) is 0 Å². The number of thiophene rings is 1. The Labute approximate surface area is 99.8 Å². The standard InChI is InChI=1S/C14H14OS/c1-9-6-10(2)8-12(7-9)14(15)13-5-4-11(3)16-13/h4-8H,1-3H3. The first-order chi connectivity index (χ1) is 7.56. The molecule has 1 aromatic carbocycles. The number of aryl methyl sites for hydroxylation is 3. The third-order valence-electron chi connectivity index (χ3n) is 2.45. The second-order valence-corrected chi connectivity index (χ2v) is 5.40. The van der Waals surface area contributed by atoms with E-state index >= 15 is 0 Å². The van der Waals surface area contributed by atoms with Crippen LogP contribution in [0.25, 0.3) is 0 Å². The number of carbonyl (C=O) groups excluding carboxylic acids is 1. The summed E-state index contributed by atoms with van der Waals surface area (Å²) in [5.74, 6) is 0.130. The van der Waals surface area contributed by atoms with Gasteiger partial charge in [0.2, 0.25) is 5.78 Å². The molecule has 0 N–H and O–H groups in total. The lowest BCUT2D eigenvalue weighted by molar-refractivity contribution is 0.104.